The van der Waals surface area contributed by atoms with Crippen molar-refractivity contribution in [2.45, 2.75) is 32.4 Å². The number of rotatable bonds is 3. The summed E-state index contributed by atoms with van der Waals surface area (Å²) < 4.78 is 10.3. The van der Waals surface area contributed by atoms with Crippen LogP contribution in [0.25, 0.3) is 11.0 Å². The van der Waals surface area contributed by atoms with Gasteiger partial charge in [0.1, 0.15) is 11.3 Å². The van der Waals surface area contributed by atoms with E-state index in [4.69, 9.17) is 14.4 Å². The summed E-state index contributed by atoms with van der Waals surface area (Å²) in [5.74, 6) is 1.22. The van der Waals surface area contributed by atoms with Crippen LogP contribution in [0.4, 0.5) is 0 Å². The quantitative estimate of drug-likeness (QED) is 0.691. The first-order valence-corrected chi connectivity index (χ1v) is 7.29. The molecule has 0 saturated carbocycles. The van der Waals surface area contributed by atoms with Crippen LogP contribution >= 0.6 is 12.6 Å². The van der Waals surface area contributed by atoms with Gasteiger partial charge in [0, 0.05) is 29.7 Å². The highest BCUT2D eigenvalue weighted by molar-refractivity contribution is 7.79. The van der Waals surface area contributed by atoms with Crippen LogP contribution in [0.1, 0.15) is 30.9 Å². The second kappa shape index (κ2) is 8.38. The van der Waals surface area contributed by atoms with Gasteiger partial charge in [-0.25, -0.2) is 4.79 Å². The summed E-state index contributed by atoms with van der Waals surface area (Å²) in [7, 11) is 1.59. The lowest BCUT2D eigenvalue weighted by molar-refractivity contribution is 0.411. The van der Waals surface area contributed by atoms with Crippen molar-refractivity contribution in [3.05, 3.63) is 39.7 Å². The molecule has 0 aliphatic heterocycles. The maximum atomic E-state index is 11.3. The molecule has 21 heavy (non-hydrogen) atoms. The molecule has 1 aromatic heterocycles. The van der Waals surface area contributed by atoms with E-state index in [9.17, 15) is 4.79 Å². The summed E-state index contributed by atoms with van der Waals surface area (Å²) in [6, 6.07) is 7.17. The molecule has 0 atom stereocenters. The van der Waals surface area contributed by atoms with Crippen LogP contribution in [0.3, 0.4) is 0 Å². The molecule has 2 rings (SSSR count). The third kappa shape index (κ3) is 4.54. The van der Waals surface area contributed by atoms with E-state index in [1.54, 1.807) is 13.2 Å². The first-order chi connectivity index (χ1) is 10.1. The number of ether oxygens (including phenoxy) is 1. The Morgan fingerprint density at radius 2 is 2.10 bits per heavy atom. The zero-order valence-corrected chi connectivity index (χ0v) is 13.4. The van der Waals surface area contributed by atoms with E-state index in [1.165, 1.54) is 6.07 Å². The SMILES string of the molecule is CCCC#N.COc1cc2oc(=O)cc(CS)c2cc1C. The van der Waals surface area contributed by atoms with Gasteiger partial charge >= 0.3 is 5.63 Å². The summed E-state index contributed by atoms with van der Waals surface area (Å²) in [6.45, 7) is 3.94. The van der Waals surface area contributed by atoms with E-state index in [1.807, 2.05) is 26.0 Å². The predicted molar refractivity (Wildman–Crippen MR) is 87.0 cm³/mol. The molecular formula is C16H19NO3S. The average Bonchev–Trinajstić information content (AvgIpc) is 2.47. The topological polar surface area (TPSA) is 63.2 Å². The third-order valence-corrected chi connectivity index (χ3v) is 3.22. The van der Waals surface area contributed by atoms with Crippen LogP contribution in [0.5, 0.6) is 5.75 Å². The van der Waals surface area contributed by atoms with Gasteiger partial charge in [-0.2, -0.15) is 17.9 Å². The minimum Gasteiger partial charge on any atom is -0.496 e. The lowest BCUT2D eigenvalue weighted by atomic mass is 10.1. The van der Waals surface area contributed by atoms with Crippen LogP contribution < -0.4 is 10.4 Å². The van der Waals surface area contributed by atoms with Gasteiger partial charge in [-0.05, 0) is 30.5 Å². The molecule has 0 aliphatic rings. The Morgan fingerprint density at radius 3 is 2.57 bits per heavy atom. The lowest BCUT2D eigenvalue weighted by Gasteiger charge is -2.07. The molecule has 112 valence electrons. The maximum absolute atomic E-state index is 11.3. The summed E-state index contributed by atoms with van der Waals surface area (Å²) in [6.07, 6.45) is 1.68. The highest BCUT2D eigenvalue weighted by Gasteiger charge is 2.08. The third-order valence-electron chi connectivity index (χ3n) is 2.88. The van der Waals surface area contributed by atoms with Crippen LogP contribution in [0, 0.1) is 18.3 Å². The summed E-state index contributed by atoms with van der Waals surface area (Å²) in [5.41, 5.74) is 2.06. The molecule has 0 aliphatic carbocycles. The fourth-order valence-electron chi connectivity index (χ4n) is 1.83. The Morgan fingerprint density at radius 1 is 1.38 bits per heavy atom. The molecule has 4 nitrogen and oxygen atoms in total. The van der Waals surface area contributed by atoms with Crippen molar-refractivity contribution >= 4 is 23.6 Å². The van der Waals surface area contributed by atoms with Crippen molar-refractivity contribution < 1.29 is 9.15 Å². The molecule has 0 N–H and O–H groups in total. The van der Waals surface area contributed by atoms with Crippen LogP contribution in [-0.2, 0) is 5.75 Å². The summed E-state index contributed by atoms with van der Waals surface area (Å²) in [5, 5.41) is 8.73. The summed E-state index contributed by atoms with van der Waals surface area (Å²) >= 11 is 4.20. The number of nitriles is 1. The molecule has 0 saturated heterocycles. The minimum atomic E-state index is -0.359. The van der Waals surface area contributed by atoms with Crippen molar-refractivity contribution in [2.75, 3.05) is 7.11 Å². The van der Waals surface area contributed by atoms with Crippen LogP contribution in [-0.4, -0.2) is 7.11 Å². The van der Waals surface area contributed by atoms with Gasteiger partial charge in [-0.15, -0.1) is 0 Å². The van der Waals surface area contributed by atoms with E-state index >= 15 is 0 Å². The van der Waals surface area contributed by atoms with Gasteiger partial charge < -0.3 is 9.15 Å². The number of hydrogen-bond donors (Lipinski definition) is 1. The zero-order valence-electron chi connectivity index (χ0n) is 12.5. The number of nitrogens with zero attached hydrogens (tertiary/aromatic N) is 1. The Bertz CT molecular complexity index is 701. The van der Waals surface area contributed by atoms with Gasteiger partial charge in [0.05, 0.1) is 13.2 Å². The molecule has 5 heteroatoms. The molecular weight excluding hydrogens is 286 g/mol. The minimum absolute atomic E-state index is 0.359. The first-order valence-electron chi connectivity index (χ1n) is 6.66. The Kier molecular flexibility index (Phi) is 6.83. The first kappa shape index (κ1) is 17.1. The van der Waals surface area contributed by atoms with Crippen molar-refractivity contribution in [1.82, 2.24) is 0 Å². The molecule has 0 spiro atoms. The van der Waals surface area contributed by atoms with Gasteiger partial charge in [0.2, 0.25) is 0 Å². The fraction of sp³-hybridized carbons (Fsp3) is 0.375. The molecule has 0 fully saturated rings. The monoisotopic (exact) mass is 305 g/mol. The van der Waals surface area contributed by atoms with E-state index in [2.05, 4.69) is 12.6 Å². The zero-order chi connectivity index (χ0) is 15.8. The Hall–Kier alpha value is -1.93. The Balaban J connectivity index is 0.000000383. The maximum Gasteiger partial charge on any atom is 0.336 e. The highest BCUT2D eigenvalue weighted by atomic mass is 32.1. The number of thiol groups is 1. The van der Waals surface area contributed by atoms with Crippen molar-refractivity contribution in [3.8, 4) is 11.8 Å². The van der Waals surface area contributed by atoms with Gasteiger partial charge in [-0.1, -0.05) is 6.92 Å². The molecule has 2 aromatic rings. The molecule has 0 unspecified atom stereocenters. The molecule has 1 heterocycles. The molecule has 0 bridgehead atoms. The normalized spacial score (nSPS) is 9.67. The van der Waals surface area contributed by atoms with E-state index in [-0.39, 0.29) is 5.63 Å². The number of benzene rings is 1. The van der Waals surface area contributed by atoms with Crippen LogP contribution in [0.15, 0.2) is 27.4 Å². The largest absolute Gasteiger partial charge is 0.496 e. The second-order valence-corrected chi connectivity index (χ2v) is 4.79. The number of methoxy groups -OCH3 is 1. The average molecular weight is 305 g/mol. The number of hydrogen-bond acceptors (Lipinski definition) is 5. The van der Waals surface area contributed by atoms with Crippen molar-refractivity contribution in [1.29, 1.82) is 5.26 Å². The molecule has 1 aromatic carbocycles. The van der Waals surface area contributed by atoms with Gasteiger partial charge in [-0.3, -0.25) is 0 Å². The van der Waals surface area contributed by atoms with Crippen molar-refractivity contribution in [3.63, 3.8) is 0 Å². The van der Waals surface area contributed by atoms with Crippen molar-refractivity contribution in [2.24, 2.45) is 0 Å². The standard InChI is InChI=1S/C12H12O3S.C4H7N/c1-7-3-9-8(6-16)4-12(13)15-11(9)5-10(7)14-2;1-2-3-4-5/h3-5,16H,6H2,1-2H3;2-3H2,1H3. The van der Waals surface area contributed by atoms with E-state index < -0.39 is 0 Å². The van der Waals surface area contributed by atoms with E-state index in [0.717, 1.165) is 22.9 Å². The highest BCUT2D eigenvalue weighted by Crippen LogP contribution is 2.27. The predicted octanol–water partition coefficient (Wildman–Crippen LogP) is 3.85. The van der Waals surface area contributed by atoms with Gasteiger partial charge in [0.15, 0.2) is 0 Å². The number of fused-ring (bicyclic) bond motifs is 1. The smallest absolute Gasteiger partial charge is 0.336 e. The number of aryl methyl sites for hydroxylation is 1. The lowest BCUT2D eigenvalue weighted by Crippen LogP contribution is -2.00. The van der Waals surface area contributed by atoms with Gasteiger partial charge in [0.25, 0.3) is 0 Å². The molecule has 0 radical (unpaired) electrons. The summed E-state index contributed by atoms with van der Waals surface area (Å²) in [4.78, 5) is 11.3. The number of unbranched alkanes of at least 4 members (excludes halogenated alkanes) is 1. The second-order valence-electron chi connectivity index (χ2n) is 4.47. The Labute approximate surface area is 129 Å². The molecule has 0 amide bonds. The van der Waals surface area contributed by atoms with E-state index in [0.29, 0.717) is 23.5 Å². The fourth-order valence-corrected chi connectivity index (χ4v) is 2.09. The van der Waals surface area contributed by atoms with Crippen LogP contribution in [0.2, 0.25) is 0 Å².